The number of hydrogen-bond acceptors (Lipinski definition) is 4. The van der Waals surface area contributed by atoms with Crippen LogP contribution in [0, 0.1) is 0 Å². The van der Waals surface area contributed by atoms with E-state index >= 15 is 0 Å². The van der Waals surface area contributed by atoms with Crippen LogP contribution in [0.5, 0.6) is 0 Å². The Morgan fingerprint density at radius 3 is 0.854 bits per heavy atom. The second kappa shape index (κ2) is 11.3. The molecule has 0 radical (unpaired) electrons. The number of nitrogens with zero attached hydrogens (tertiary/aromatic N) is 2. The monoisotopic (exact) mass is 626 g/mol. The molecule has 2 aliphatic rings. The second-order valence-electron chi connectivity index (χ2n) is 12.2. The Balaban J connectivity index is 1.13. The van der Waals surface area contributed by atoms with Crippen molar-refractivity contribution in [2.24, 2.45) is 0 Å². The van der Waals surface area contributed by atoms with E-state index in [9.17, 15) is 19.2 Å². The minimum absolute atomic E-state index is 0.275. The smallest absolute Gasteiger partial charge is 0.265 e. The van der Waals surface area contributed by atoms with Crippen molar-refractivity contribution < 1.29 is 19.2 Å². The highest BCUT2D eigenvalue weighted by Gasteiger charge is 2.40. The van der Waals surface area contributed by atoms with E-state index in [4.69, 9.17) is 0 Å². The van der Waals surface area contributed by atoms with Crippen molar-refractivity contribution in [3.8, 4) is 22.3 Å². The summed E-state index contributed by atoms with van der Waals surface area (Å²) in [4.78, 5) is 58.0. The molecular formula is C42H30N2O4. The highest BCUT2D eigenvalue weighted by Crippen LogP contribution is 2.40. The fraction of sp³-hybridized carbons (Fsp3) is 0.0952. The zero-order chi connectivity index (χ0) is 33.1. The van der Waals surface area contributed by atoms with Gasteiger partial charge in [-0.1, -0.05) is 86.6 Å². The summed E-state index contributed by atoms with van der Waals surface area (Å²) in [5.41, 5.74) is 8.51. The van der Waals surface area contributed by atoms with Gasteiger partial charge in [0.25, 0.3) is 23.6 Å². The van der Waals surface area contributed by atoms with E-state index in [-0.39, 0.29) is 22.3 Å². The molecule has 6 nitrogen and oxygen atoms in total. The second-order valence-corrected chi connectivity index (χ2v) is 12.2. The lowest BCUT2D eigenvalue weighted by Crippen LogP contribution is -2.43. The molecule has 0 unspecified atom stereocenters. The third-order valence-corrected chi connectivity index (χ3v) is 9.54. The number of benzene rings is 6. The van der Waals surface area contributed by atoms with E-state index in [0.717, 1.165) is 35.1 Å². The molecule has 0 atom stereocenters. The Morgan fingerprint density at radius 2 is 0.604 bits per heavy atom. The van der Waals surface area contributed by atoms with Crippen molar-refractivity contribution in [2.45, 2.75) is 26.7 Å². The summed E-state index contributed by atoms with van der Waals surface area (Å²) < 4.78 is 0. The molecule has 6 aromatic carbocycles. The maximum absolute atomic E-state index is 13.9. The largest absolute Gasteiger partial charge is 0.268 e. The van der Waals surface area contributed by atoms with Gasteiger partial charge in [0.1, 0.15) is 0 Å². The van der Waals surface area contributed by atoms with Gasteiger partial charge in [-0.3, -0.25) is 19.2 Å². The first-order valence-electron chi connectivity index (χ1n) is 16.1. The lowest BCUT2D eigenvalue weighted by molar-refractivity contribution is 0.0873. The Bertz CT molecular complexity index is 2070. The third-order valence-electron chi connectivity index (χ3n) is 9.54. The first-order valence-corrected chi connectivity index (χ1v) is 16.1. The topological polar surface area (TPSA) is 74.8 Å². The zero-order valence-corrected chi connectivity index (χ0v) is 26.5. The van der Waals surface area contributed by atoms with Crippen LogP contribution in [0.15, 0.2) is 121 Å². The molecule has 48 heavy (non-hydrogen) atoms. The number of carbonyl (C=O) groups excluding carboxylic acids is 4. The Hall–Kier alpha value is -6.14. The van der Waals surface area contributed by atoms with E-state index in [2.05, 4.69) is 62.4 Å². The van der Waals surface area contributed by atoms with Crippen LogP contribution in [0.2, 0.25) is 0 Å². The van der Waals surface area contributed by atoms with Crippen molar-refractivity contribution in [2.75, 3.05) is 9.80 Å². The molecule has 0 aromatic heterocycles. The average Bonchev–Trinajstić information content (AvgIpc) is 3.13. The van der Waals surface area contributed by atoms with Crippen molar-refractivity contribution in [3.63, 3.8) is 0 Å². The van der Waals surface area contributed by atoms with Gasteiger partial charge in [-0.05, 0) is 94.8 Å². The maximum Gasteiger partial charge on any atom is 0.265 e. The summed E-state index contributed by atoms with van der Waals surface area (Å²) in [6.45, 7) is 4.22. The number of amides is 4. The van der Waals surface area contributed by atoms with Crippen LogP contribution < -0.4 is 9.80 Å². The van der Waals surface area contributed by atoms with Crippen molar-refractivity contribution in [1.82, 2.24) is 0 Å². The normalized spacial score (nSPS) is 13.9. The van der Waals surface area contributed by atoms with Gasteiger partial charge in [0, 0.05) is 33.0 Å². The van der Waals surface area contributed by atoms with Crippen LogP contribution in [-0.4, -0.2) is 23.6 Å². The molecule has 0 fully saturated rings. The number of anilines is 2. The lowest BCUT2D eigenvalue weighted by Gasteiger charge is -2.32. The van der Waals surface area contributed by atoms with Crippen LogP contribution in [0.3, 0.4) is 0 Å². The molecule has 0 saturated carbocycles. The van der Waals surface area contributed by atoms with Gasteiger partial charge < -0.3 is 0 Å². The Labute approximate surface area is 277 Å². The summed E-state index contributed by atoms with van der Waals surface area (Å²) >= 11 is 0. The van der Waals surface area contributed by atoms with Gasteiger partial charge in [-0.25, -0.2) is 9.80 Å². The molecule has 8 rings (SSSR count). The van der Waals surface area contributed by atoms with Crippen molar-refractivity contribution >= 4 is 45.8 Å². The van der Waals surface area contributed by atoms with Crippen LogP contribution in [0.1, 0.15) is 66.4 Å². The molecule has 232 valence electrons. The average molecular weight is 627 g/mol. The molecule has 2 heterocycles. The summed E-state index contributed by atoms with van der Waals surface area (Å²) in [5, 5.41) is 0.687. The summed E-state index contributed by atoms with van der Waals surface area (Å²) in [5.74, 6) is -2.00. The van der Waals surface area contributed by atoms with E-state index in [1.54, 1.807) is 48.5 Å². The van der Waals surface area contributed by atoms with Crippen LogP contribution in [0.4, 0.5) is 11.4 Å². The van der Waals surface area contributed by atoms with Gasteiger partial charge >= 0.3 is 0 Å². The molecule has 0 aliphatic carbocycles. The fourth-order valence-corrected chi connectivity index (χ4v) is 6.82. The summed E-state index contributed by atoms with van der Waals surface area (Å²) in [6.07, 6.45) is 1.91. The standard InChI is InChI=1S/C42H30N2O4/c1-3-25-5-9-27(10-6-25)29-13-17-31(18-14-29)43-39(45)33-21-23-35-38-36(24-22-34(37(33)38)40(43)46)42(48)44(41(35)47)32-19-15-30(16-20-32)28-11-7-26(4-2)8-12-28/h5-24H,3-4H2,1-2H3. The fourth-order valence-electron chi connectivity index (χ4n) is 6.82. The molecule has 0 saturated heterocycles. The zero-order valence-electron chi connectivity index (χ0n) is 26.5. The van der Waals surface area contributed by atoms with E-state index in [0.29, 0.717) is 22.1 Å². The molecule has 0 bridgehead atoms. The summed E-state index contributed by atoms with van der Waals surface area (Å²) in [6, 6.07) is 37.6. The van der Waals surface area contributed by atoms with Crippen molar-refractivity contribution in [1.29, 1.82) is 0 Å². The lowest BCUT2D eigenvalue weighted by atomic mass is 9.85. The highest BCUT2D eigenvalue weighted by atomic mass is 16.2. The number of carbonyl (C=O) groups is 4. The highest BCUT2D eigenvalue weighted by molar-refractivity contribution is 6.42. The van der Waals surface area contributed by atoms with Crippen LogP contribution in [0.25, 0.3) is 33.0 Å². The van der Waals surface area contributed by atoms with Gasteiger partial charge in [-0.2, -0.15) is 0 Å². The molecular weight excluding hydrogens is 596 g/mol. The van der Waals surface area contributed by atoms with E-state index in [1.165, 1.54) is 20.9 Å². The molecule has 4 amide bonds. The minimum atomic E-state index is -0.499. The van der Waals surface area contributed by atoms with Crippen LogP contribution >= 0.6 is 0 Å². The number of hydrogen-bond donors (Lipinski definition) is 0. The van der Waals surface area contributed by atoms with Gasteiger partial charge in [0.2, 0.25) is 0 Å². The van der Waals surface area contributed by atoms with Gasteiger partial charge in [0.05, 0.1) is 11.4 Å². The SMILES string of the molecule is CCc1ccc(-c2ccc(N3C(=O)c4ccc5c6c(ccc(c46)C3=O)C(=O)N(c3ccc(-c4ccc(CC)cc4)cc3)C5=O)cc2)cc1. The molecule has 0 spiro atoms. The number of imide groups is 2. The first-order chi connectivity index (χ1) is 23.4. The van der Waals surface area contributed by atoms with Crippen molar-refractivity contribution in [3.05, 3.63) is 155 Å². The predicted molar refractivity (Wildman–Crippen MR) is 189 cm³/mol. The molecule has 6 aromatic rings. The van der Waals surface area contributed by atoms with E-state index < -0.39 is 23.6 Å². The van der Waals surface area contributed by atoms with Gasteiger partial charge in [0.15, 0.2) is 0 Å². The maximum atomic E-state index is 13.9. The number of rotatable bonds is 6. The number of aryl methyl sites for hydroxylation is 2. The van der Waals surface area contributed by atoms with Crippen LogP contribution in [-0.2, 0) is 12.8 Å². The Kier molecular flexibility index (Phi) is 6.88. The minimum Gasteiger partial charge on any atom is -0.268 e. The first kappa shape index (κ1) is 29.3. The Morgan fingerprint density at radius 1 is 0.354 bits per heavy atom. The van der Waals surface area contributed by atoms with E-state index in [1.807, 2.05) is 24.3 Å². The quantitative estimate of drug-likeness (QED) is 0.173. The summed E-state index contributed by atoms with van der Waals surface area (Å²) in [7, 11) is 0. The molecule has 0 N–H and O–H groups in total. The van der Waals surface area contributed by atoms with Gasteiger partial charge in [-0.15, -0.1) is 0 Å². The third kappa shape index (κ3) is 4.48. The molecule has 2 aliphatic heterocycles. The molecule has 6 heteroatoms. The predicted octanol–water partition coefficient (Wildman–Crippen LogP) is 8.90.